The number of rotatable bonds is 3. The molecule has 123 valence electrons. The van der Waals surface area contributed by atoms with E-state index in [0.717, 1.165) is 15.9 Å². The average Bonchev–Trinajstić information content (AvgIpc) is 2.55. The van der Waals surface area contributed by atoms with Crippen LogP contribution in [0, 0.1) is 12.0 Å². The quantitative estimate of drug-likeness (QED) is 0.274. The van der Waals surface area contributed by atoms with E-state index in [-0.39, 0.29) is 50.7 Å². The van der Waals surface area contributed by atoms with E-state index in [1.165, 1.54) is 29.6 Å². The minimum atomic E-state index is 0. The summed E-state index contributed by atoms with van der Waals surface area (Å²) in [6.45, 7) is 15.8. The molecule has 21 heavy (non-hydrogen) atoms. The average molecular weight is 516 g/mol. The molecule has 0 bridgehead atoms. The minimum absolute atomic E-state index is 0. The first-order chi connectivity index (χ1) is 8.45. The van der Waals surface area contributed by atoms with Gasteiger partial charge >= 0.3 is 25.8 Å². The Labute approximate surface area is 167 Å². The van der Waals surface area contributed by atoms with Gasteiger partial charge in [-0.1, -0.05) is 66.0 Å². The van der Waals surface area contributed by atoms with Crippen molar-refractivity contribution in [2.45, 2.75) is 67.0 Å². The predicted molar refractivity (Wildman–Crippen MR) is 87.6 cm³/mol. The molecule has 0 aromatic carbocycles. The third kappa shape index (κ3) is 19.1. The summed E-state index contributed by atoms with van der Waals surface area (Å²) >= 11 is 0. The molecule has 0 aromatic rings. The van der Waals surface area contributed by atoms with E-state index in [1.807, 2.05) is 0 Å². The third-order valence-electron chi connectivity index (χ3n) is 3.02. The molecule has 0 aliphatic heterocycles. The van der Waals surface area contributed by atoms with Crippen molar-refractivity contribution >= 4 is 9.52 Å². The van der Waals surface area contributed by atoms with E-state index in [1.54, 1.807) is 0 Å². The molecule has 5 heteroatoms. The predicted octanol–water partition coefficient (Wildman–Crippen LogP) is -0.525. The number of nitrogens with one attached hydrogen (secondary N) is 1. The van der Waals surface area contributed by atoms with Gasteiger partial charge in [-0.25, -0.2) is 5.57 Å². The maximum Gasteiger partial charge on any atom is 4.00 e. The van der Waals surface area contributed by atoms with E-state index in [0.29, 0.717) is 12.5 Å². The summed E-state index contributed by atoms with van der Waals surface area (Å²) in [6.07, 6.45) is 6.90. The Bertz CT molecular complexity index is 265. The summed E-state index contributed by atoms with van der Waals surface area (Å²) in [4.78, 5) is 0. The van der Waals surface area contributed by atoms with Crippen LogP contribution in [0.4, 0.5) is 0 Å². The van der Waals surface area contributed by atoms with E-state index in [4.69, 9.17) is 5.73 Å². The Morgan fingerprint density at radius 2 is 1.52 bits per heavy atom. The Morgan fingerprint density at radius 1 is 1.10 bits per heavy atom. The van der Waals surface area contributed by atoms with Crippen LogP contribution in [0.3, 0.4) is 0 Å². The van der Waals surface area contributed by atoms with Gasteiger partial charge in [0.15, 0.2) is 0 Å². The molecule has 0 spiro atoms. The van der Waals surface area contributed by atoms with Crippen molar-refractivity contribution in [1.29, 1.82) is 0 Å². The van der Waals surface area contributed by atoms with Gasteiger partial charge in [-0.2, -0.15) is 17.7 Å². The first kappa shape index (κ1) is 33.7. The third-order valence-corrected chi connectivity index (χ3v) is 3.02. The molecule has 1 unspecified atom stereocenters. The molecular formula is C16H32Cl2HfNSi. The summed E-state index contributed by atoms with van der Waals surface area (Å²) in [5.41, 5.74) is 11.0. The zero-order valence-corrected chi connectivity index (χ0v) is 21.0. The number of hydrogen-bond donors (Lipinski definition) is 0. The van der Waals surface area contributed by atoms with E-state index < -0.39 is 0 Å². The first-order valence-corrected chi connectivity index (χ1v) is 9.43. The molecule has 0 fully saturated rings. The fourth-order valence-corrected chi connectivity index (χ4v) is 1.54. The van der Waals surface area contributed by atoms with Crippen molar-refractivity contribution in [3.8, 4) is 0 Å². The Kier molecular flexibility index (Phi) is 37.5. The van der Waals surface area contributed by atoms with Gasteiger partial charge in [-0.3, -0.25) is 6.08 Å². The van der Waals surface area contributed by atoms with Gasteiger partial charge in [-0.15, -0.1) is 6.92 Å². The fraction of sp³-hybridized carbons (Fsp3) is 0.750. The van der Waals surface area contributed by atoms with Crippen LogP contribution < -0.4 is 24.8 Å². The van der Waals surface area contributed by atoms with Gasteiger partial charge in [0.25, 0.3) is 0 Å². The maximum atomic E-state index is 6.71. The topological polar surface area (TPSA) is 23.8 Å². The zero-order valence-electron chi connectivity index (χ0n) is 14.7. The van der Waals surface area contributed by atoms with E-state index in [9.17, 15) is 0 Å². The molecule has 1 nitrogen and oxygen atoms in total. The van der Waals surface area contributed by atoms with E-state index >= 15 is 0 Å². The van der Waals surface area contributed by atoms with Gasteiger partial charge < -0.3 is 30.5 Å². The largest absolute Gasteiger partial charge is 4.00 e. The van der Waals surface area contributed by atoms with Crippen molar-refractivity contribution in [3.63, 3.8) is 0 Å². The van der Waals surface area contributed by atoms with Crippen LogP contribution >= 0.6 is 0 Å². The fourth-order valence-electron chi connectivity index (χ4n) is 1.54. The van der Waals surface area contributed by atoms with Crippen molar-refractivity contribution in [3.05, 3.63) is 28.5 Å². The Morgan fingerprint density at radius 3 is 1.62 bits per heavy atom. The second kappa shape index (κ2) is 23.4. The van der Waals surface area contributed by atoms with Crippen LogP contribution in [-0.4, -0.2) is 16.1 Å². The van der Waals surface area contributed by atoms with Gasteiger partial charge in [0, 0.05) is 9.52 Å². The SMILES string of the molecule is CC1=[C-]C(C)C(C)=C1C.CCCCC[NH-].C[SiH]C.[Cl-].[Cl-].[Hf+4]. The van der Waals surface area contributed by atoms with Crippen molar-refractivity contribution in [2.24, 2.45) is 5.92 Å². The number of allylic oxidation sites excluding steroid dienone is 4. The van der Waals surface area contributed by atoms with Crippen molar-refractivity contribution < 1.29 is 50.7 Å². The molecule has 0 saturated carbocycles. The minimum Gasteiger partial charge on any atom is -1.00 e. The molecular weight excluding hydrogens is 484 g/mol. The summed E-state index contributed by atoms with van der Waals surface area (Å²) < 4.78 is 0. The first-order valence-electron chi connectivity index (χ1n) is 7.12. The molecule has 0 heterocycles. The Hall–Kier alpha value is 1.11. The molecule has 1 N–H and O–H groups in total. The van der Waals surface area contributed by atoms with Gasteiger partial charge in [0.2, 0.25) is 0 Å². The molecule has 0 aromatic heterocycles. The van der Waals surface area contributed by atoms with E-state index in [2.05, 4.69) is 53.8 Å². The van der Waals surface area contributed by atoms with Crippen molar-refractivity contribution in [1.82, 2.24) is 0 Å². The summed E-state index contributed by atoms with van der Waals surface area (Å²) in [6, 6.07) is 0. The molecule has 1 atom stereocenters. The van der Waals surface area contributed by atoms with Gasteiger partial charge in [0.05, 0.1) is 0 Å². The van der Waals surface area contributed by atoms with Crippen LogP contribution in [0.1, 0.15) is 53.9 Å². The number of hydrogen-bond acceptors (Lipinski definition) is 0. The maximum absolute atomic E-state index is 6.71. The second-order valence-electron chi connectivity index (χ2n) is 4.83. The van der Waals surface area contributed by atoms with Gasteiger partial charge in [0.1, 0.15) is 0 Å². The van der Waals surface area contributed by atoms with Crippen LogP contribution in [0.2, 0.25) is 13.1 Å². The van der Waals surface area contributed by atoms with Crippen LogP contribution in [0.15, 0.2) is 16.7 Å². The number of unbranched alkanes of at least 4 members (excludes halogenated alkanes) is 2. The molecule has 1 rings (SSSR count). The molecule has 1 aliphatic carbocycles. The standard InChI is InChI=1S/C9H13.C5H12N.C2H7Si.2ClH.Hf/c1-6-5-7(2)9(4)8(6)3;1-2-3-4-5-6;1-3-2;;;/h6H,1-4H3;6H,2-5H2,1H3;3H,1-2H3;2*1H;/q2*-1;;;;+4/p-2. The van der Waals surface area contributed by atoms with Crippen molar-refractivity contribution in [2.75, 3.05) is 6.54 Å². The zero-order chi connectivity index (χ0) is 14.6. The number of halogens is 2. The van der Waals surface area contributed by atoms with Crippen LogP contribution in [-0.2, 0) is 25.8 Å². The molecule has 0 amide bonds. The summed E-state index contributed by atoms with van der Waals surface area (Å²) in [5.74, 6) is 0.560. The summed E-state index contributed by atoms with van der Waals surface area (Å²) in [7, 11) is 0.750. The Balaban J connectivity index is -0.0000000637. The van der Waals surface area contributed by atoms with Gasteiger partial charge in [-0.05, 0) is 0 Å². The smallest absolute Gasteiger partial charge is 1.00 e. The summed E-state index contributed by atoms with van der Waals surface area (Å²) in [5, 5.41) is 0. The van der Waals surface area contributed by atoms with Crippen LogP contribution in [0.5, 0.6) is 0 Å². The van der Waals surface area contributed by atoms with Crippen LogP contribution in [0.25, 0.3) is 5.73 Å². The monoisotopic (exact) mass is 516 g/mol. The molecule has 1 aliphatic rings. The molecule has 0 saturated heterocycles. The normalized spacial score (nSPS) is 15.0. The second-order valence-corrected chi connectivity index (χ2v) is 5.99. The molecule has 1 radical (unpaired) electrons.